The van der Waals surface area contributed by atoms with Crippen LogP contribution in [0.2, 0.25) is 0 Å². The summed E-state index contributed by atoms with van der Waals surface area (Å²) in [4.78, 5) is 12.1. The third kappa shape index (κ3) is 5.38. The van der Waals surface area contributed by atoms with Gasteiger partial charge < -0.3 is 9.29 Å². The molecule has 1 atom stereocenters. The minimum Gasteiger partial charge on any atom is -0.591 e. The van der Waals surface area contributed by atoms with Crippen LogP contribution in [0.3, 0.4) is 0 Å². The monoisotopic (exact) mass is 331 g/mol. The number of carbonyl (C=O) groups excluding carboxylic acids is 1. The van der Waals surface area contributed by atoms with Crippen LogP contribution in [0, 0.1) is 11.6 Å². The van der Waals surface area contributed by atoms with Crippen LogP contribution >= 0.6 is 0 Å². The molecule has 1 aromatic carbocycles. The third-order valence-corrected chi connectivity index (χ3v) is 3.77. The van der Waals surface area contributed by atoms with Crippen molar-refractivity contribution in [1.29, 1.82) is 0 Å². The van der Waals surface area contributed by atoms with E-state index in [9.17, 15) is 18.1 Å². The van der Waals surface area contributed by atoms with E-state index in [1.165, 1.54) is 0 Å². The Morgan fingerprint density at radius 3 is 2.14 bits per heavy atom. The van der Waals surface area contributed by atoms with Gasteiger partial charge in [0.1, 0.15) is 27.7 Å². The van der Waals surface area contributed by atoms with E-state index in [0.717, 1.165) is 12.1 Å². The Hall–Kier alpha value is -1.47. The van der Waals surface area contributed by atoms with E-state index < -0.39 is 39.8 Å². The van der Waals surface area contributed by atoms with Crippen molar-refractivity contribution in [2.45, 2.75) is 45.5 Å². The van der Waals surface area contributed by atoms with Crippen LogP contribution < -0.4 is 0 Å². The van der Waals surface area contributed by atoms with Gasteiger partial charge in [-0.3, -0.25) is 0 Å². The van der Waals surface area contributed by atoms with Gasteiger partial charge in [-0.2, -0.15) is 0 Å². The summed E-state index contributed by atoms with van der Waals surface area (Å²) in [6, 6.07) is 2.57. The molecule has 0 spiro atoms. The quantitative estimate of drug-likeness (QED) is 0.484. The van der Waals surface area contributed by atoms with E-state index >= 15 is 0 Å². The molecule has 0 fully saturated rings. The Kier molecular flexibility index (Phi) is 6.08. The number of halogens is 2. The first-order chi connectivity index (χ1) is 10.0. The minimum atomic E-state index is -1.77. The lowest BCUT2D eigenvalue weighted by molar-refractivity contribution is -0.138. The number of ether oxygens (including phenoxy) is 1. The van der Waals surface area contributed by atoms with Gasteiger partial charge in [0.25, 0.3) is 0 Å². The van der Waals surface area contributed by atoms with Gasteiger partial charge >= 0.3 is 5.97 Å². The standard InChI is InChI=1S/C15H19F2NO3S/c1-9(2)21-14(19)13(18-22(20)15(3,4)5)10-6-11(16)8-12(17)7-10/h6-9H,1-5H3/b18-13-/t22-/m0/s1. The molecule has 1 rings (SSSR count). The fraction of sp³-hybridized carbons (Fsp3) is 0.467. The maximum absolute atomic E-state index is 13.4. The van der Waals surface area contributed by atoms with Crippen LogP contribution in [0.5, 0.6) is 0 Å². The SMILES string of the molecule is CC(C)OC(=O)/C(=N\[S@@+]([O-])C(C)(C)C)c1cc(F)cc(F)c1. The zero-order valence-electron chi connectivity index (χ0n) is 13.1. The molecule has 0 radical (unpaired) electrons. The molecule has 122 valence electrons. The first-order valence-corrected chi connectivity index (χ1v) is 7.79. The van der Waals surface area contributed by atoms with Gasteiger partial charge in [0.15, 0.2) is 0 Å². The smallest absolute Gasteiger partial charge is 0.362 e. The van der Waals surface area contributed by atoms with Crippen molar-refractivity contribution in [1.82, 2.24) is 0 Å². The first-order valence-electron chi connectivity index (χ1n) is 6.69. The topological polar surface area (TPSA) is 61.7 Å². The Balaban J connectivity index is 3.33. The van der Waals surface area contributed by atoms with E-state index in [1.54, 1.807) is 34.6 Å². The number of benzene rings is 1. The molecular weight excluding hydrogens is 312 g/mol. The maximum atomic E-state index is 13.4. The molecule has 0 aliphatic heterocycles. The van der Waals surface area contributed by atoms with E-state index in [0.29, 0.717) is 6.07 Å². The Morgan fingerprint density at radius 2 is 1.73 bits per heavy atom. The van der Waals surface area contributed by atoms with Gasteiger partial charge in [-0.15, -0.1) is 0 Å². The van der Waals surface area contributed by atoms with Gasteiger partial charge in [0.2, 0.25) is 5.71 Å². The lowest BCUT2D eigenvalue weighted by atomic mass is 10.1. The molecule has 22 heavy (non-hydrogen) atoms. The zero-order chi connectivity index (χ0) is 17.1. The first kappa shape index (κ1) is 18.6. The van der Waals surface area contributed by atoms with Crippen LogP contribution in [0.15, 0.2) is 22.6 Å². The molecular formula is C15H19F2NO3S. The van der Waals surface area contributed by atoms with Crippen molar-refractivity contribution in [2.24, 2.45) is 4.40 Å². The fourth-order valence-electron chi connectivity index (χ4n) is 1.39. The molecule has 0 bridgehead atoms. The predicted molar refractivity (Wildman–Crippen MR) is 82.0 cm³/mol. The van der Waals surface area contributed by atoms with Crippen LogP contribution in [-0.2, 0) is 20.9 Å². The van der Waals surface area contributed by atoms with Gasteiger partial charge in [-0.05, 0) is 46.8 Å². The second kappa shape index (κ2) is 7.19. The van der Waals surface area contributed by atoms with Crippen molar-refractivity contribution in [3.8, 4) is 0 Å². The largest absolute Gasteiger partial charge is 0.591 e. The van der Waals surface area contributed by atoms with Gasteiger partial charge in [-0.25, -0.2) is 13.6 Å². The highest BCUT2D eigenvalue weighted by Crippen LogP contribution is 2.20. The van der Waals surface area contributed by atoms with E-state index in [2.05, 4.69) is 4.40 Å². The summed E-state index contributed by atoms with van der Waals surface area (Å²) in [5, 5.41) is 0. The third-order valence-electron chi connectivity index (χ3n) is 2.37. The Morgan fingerprint density at radius 1 is 1.23 bits per heavy atom. The molecule has 0 aliphatic carbocycles. The zero-order valence-corrected chi connectivity index (χ0v) is 14.0. The number of carbonyl (C=O) groups is 1. The van der Waals surface area contributed by atoms with Crippen LogP contribution in [0.4, 0.5) is 8.78 Å². The summed E-state index contributed by atoms with van der Waals surface area (Å²) in [5.74, 6) is -2.60. The number of hydrogen-bond acceptors (Lipinski definition) is 4. The van der Waals surface area contributed by atoms with Crippen molar-refractivity contribution in [2.75, 3.05) is 0 Å². The van der Waals surface area contributed by atoms with Crippen molar-refractivity contribution < 1.29 is 22.9 Å². The van der Waals surface area contributed by atoms with Crippen LogP contribution in [0.1, 0.15) is 40.2 Å². The average molecular weight is 331 g/mol. The molecule has 0 N–H and O–H groups in total. The summed E-state index contributed by atoms with van der Waals surface area (Å²) < 4.78 is 47.0. The molecule has 0 heterocycles. The van der Waals surface area contributed by atoms with Gasteiger partial charge in [0.05, 0.1) is 6.10 Å². The van der Waals surface area contributed by atoms with E-state index in [4.69, 9.17) is 4.74 Å². The minimum absolute atomic E-state index is 0.110. The fourth-order valence-corrected chi connectivity index (χ4v) is 2.01. The highest BCUT2D eigenvalue weighted by molar-refractivity contribution is 7.91. The molecule has 0 saturated heterocycles. The molecule has 0 aromatic heterocycles. The van der Waals surface area contributed by atoms with Crippen LogP contribution in [0.25, 0.3) is 0 Å². The summed E-state index contributed by atoms with van der Waals surface area (Å²) in [7, 11) is 0. The van der Waals surface area contributed by atoms with E-state index in [1.807, 2.05) is 0 Å². The van der Waals surface area contributed by atoms with E-state index in [-0.39, 0.29) is 11.3 Å². The highest BCUT2D eigenvalue weighted by Gasteiger charge is 2.30. The summed E-state index contributed by atoms with van der Waals surface area (Å²) in [5.41, 5.74) is -0.471. The average Bonchev–Trinajstić information content (AvgIpc) is 2.31. The Bertz CT molecular complexity index is 562. The summed E-state index contributed by atoms with van der Waals surface area (Å²) in [6.07, 6.45) is -0.445. The summed E-state index contributed by atoms with van der Waals surface area (Å²) in [6.45, 7) is 8.27. The molecule has 0 saturated carbocycles. The van der Waals surface area contributed by atoms with Crippen LogP contribution in [-0.4, -0.2) is 27.1 Å². The molecule has 0 unspecified atom stereocenters. The normalized spacial score (nSPS) is 14.1. The number of hydrogen-bond donors (Lipinski definition) is 0. The molecule has 4 nitrogen and oxygen atoms in total. The number of nitrogens with zero attached hydrogens (tertiary/aromatic N) is 1. The predicted octanol–water partition coefficient (Wildman–Crippen LogP) is 3.17. The molecule has 7 heteroatoms. The Labute approximate surface area is 131 Å². The second-order valence-electron chi connectivity index (χ2n) is 5.91. The van der Waals surface area contributed by atoms with Gasteiger partial charge in [0, 0.05) is 11.6 Å². The molecule has 1 aromatic rings. The molecule has 0 amide bonds. The van der Waals surface area contributed by atoms with Crippen molar-refractivity contribution in [3.63, 3.8) is 0 Å². The van der Waals surface area contributed by atoms with Crippen molar-refractivity contribution >= 4 is 23.0 Å². The number of rotatable bonds is 4. The lowest BCUT2D eigenvalue weighted by Gasteiger charge is -2.19. The maximum Gasteiger partial charge on any atom is 0.362 e. The number of esters is 1. The molecule has 0 aliphatic rings. The van der Waals surface area contributed by atoms with Crippen molar-refractivity contribution in [3.05, 3.63) is 35.4 Å². The lowest BCUT2D eigenvalue weighted by Crippen LogP contribution is -2.30. The second-order valence-corrected chi connectivity index (χ2v) is 7.82. The highest BCUT2D eigenvalue weighted by atomic mass is 32.2. The van der Waals surface area contributed by atoms with Gasteiger partial charge in [-0.1, -0.05) is 4.40 Å². The summed E-state index contributed by atoms with van der Waals surface area (Å²) >= 11 is -1.77.